The van der Waals surface area contributed by atoms with Crippen molar-refractivity contribution in [2.75, 3.05) is 0 Å². The van der Waals surface area contributed by atoms with Crippen LogP contribution in [-0.4, -0.2) is 8.42 Å². The number of nitrogens with zero attached hydrogens (tertiary/aromatic N) is 1. The molecule has 0 saturated heterocycles. The molecule has 0 aliphatic carbocycles. The summed E-state index contributed by atoms with van der Waals surface area (Å²) in [6, 6.07) is 5.28. The number of nitrogens with two attached hydrogens (primary N) is 1. The molecule has 0 saturated carbocycles. The average Bonchev–Trinajstić information content (AvgIpc) is 2.06. The van der Waals surface area contributed by atoms with Crippen LogP contribution in [0, 0.1) is 17.1 Å². The van der Waals surface area contributed by atoms with E-state index in [1.807, 2.05) is 0 Å². The van der Waals surface area contributed by atoms with Crippen molar-refractivity contribution in [2.45, 2.75) is 5.75 Å². The minimum absolute atomic E-state index is 0.0356. The molecule has 0 atom stereocenters. The number of hydrogen-bond donors (Lipinski definition) is 1. The van der Waals surface area contributed by atoms with Crippen LogP contribution in [0.1, 0.15) is 11.1 Å². The molecule has 0 heterocycles. The molecule has 1 aromatic carbocycles. The van der Waals surface area contributed by atoms with Crippen molar-refractivity contribution in [3.05, 3.63) is 35.1 Å². The molecule has 0 fully saturated rings. The molecule has 14 heavy (non-hydrogen) atoms. The zero-order chi connectivity index (χ0) is 10.8. The smallest absolute Gasteiger partial charge is 0.213 e. The fraction of sp³-hybridized carbons (Fsp3) is 0.125. The van der Waals surface area contributed by atoms with Gasteiger partial charge < -0.3 is 0 Å². The van der Waals surface area contributed by atoms with Gasteiger partial charge in [-0.1, -0.05) is 6.07 Å². The number of primary sulfonamides is 1. The van der Waals surface area contributed by atoms with Crippen LogP contribution in [0.5, 0.6) is 0 Å². The fourth-order valence-corrected chi connectivity index (χ4v) is 1.62. The lowest BCUT2D eigenvalue weighted by Crippen LogP contribution is -2.15. The normalized spacial score (nSPS) is 10.9. The molecule has 1 aromatic rings. The third-order valence-corrected chi connectivity index (χ3v) is 2.25. The second kappa shape index (κ2) is 3.74. The first-order valence-electron chi connectivity index (χ1n) is 3.61. The topological polar surface area (TPSA) is 83.9 Å². The van der Waals surface area contributed by atoms with E-state index in [9.17, 15) is 12.8 Å². The van der Waals surface area contributed by atoms with Gasteiger partial charge in [0.15, 0.2) is 0 Å². The third-order valence-electron chi connectivity index (χ3n) is 1.54. The van der Waals surface area contributed by atoms with Gasteiger partial charge in [0, 0.05) is 5.56 Å². The molecular formula is C8H7FN2O2S. The lowest BCUT2D eigenvalue weighted by atomic mass is 10.1. The van der Waals surface area contributed by atoms with Crippen LogP contribution in [0.25, 0.3) is 0 Å². The minimum atomic E-state index is -3.74. The molecule has 0 aromatic heterocycles. The van der Waals surface area contributed by atoms with Gasteiger partial charge in [-0.15, -0.1) is 0 Å². The number of halogens is 1. The van der Waals surface area contributed by atoms with Crippen molar-refractivity contribution >= 4 is 10.0 Å². The first-order valence-corrected chi connectivity index (χ1v) is 5.33. The van der Waals surface area contributed by atoms with E-state index in [2.05, 4.69) is 0 Å². The number of sulfonamides is 1. The molecule has 0 aliphatic heterocycles. The molecule has 0 radical (unpaired) electrons. The lowest BCUT2D eigenvalue weighted by molar-refractivity contribution is 0.588. The maximum atomic E-state index is 13.1. The summed E-state index contributed by atoms with van der Waals surface area (Å²) in [6.07, 6.45) is 0. The molecule has 0 amide bonds. The van der Waals surface area contributed by atoms with E-state index in [1.54, 1.807) is 6.07 Å². The number of nitriles is 1. The maximum Gasteiger partial charge on any atom is 0.213 e. The van der Waals surface area contributed by atoms with Crippen molar-refractivity contribution in [2.24, 2.45) is 5.14 Å². The first kappa shape index (κ1) is 10.6. The van der Waals surface area contributed by atoms with Crippen LogP contribution < -0.4 is 5.14 Å². The van der Waals surface area contributed by atoms with E-state index in [-0.39, 0.29) is 11.1 Å². The van der Waals surface area contributed by atoms with E-state index < -0.39 is 21.6 Å². The summed E-state index contributed by atoms with van der Waals surface area (Å²) in [6.45, 7) is 0. The van der Waals surface area contributed by atoms with E-state index >= 15 is 0 Å². The third kappa shape index (κ3) is 2.80. The molecule has 2 N–H and O–H groups in total. The van der Waals surface area contributed by atoms with Gasteiger partial charge in [0.1, 0.15) is 5.82 Å². The molecule has 0 aliphatic rings. The highest BCUT2D eigenvalue weighted by atomic mass is 32.2. The Morgan fingerprint density at radius 1 is 1.50 bits per heavy atom. The van der Waals surface area contributed by atoms with Crippen molar-refractivity contribution < 1.29 is 12.8 Å². The highest BCUT2D eigenvalue weighted by Crippen LogP contribution is 2.11. The standard InChI is InChI=1S/C8H7FN2O2S/c9-8-3-6(4-10)1-2-7(8)5-14(11,12)13/h1-3H,5H2,(H2,11,12,13). The van der Waals surface area contributed by atoms with Gasteiger partial charge in [-0.2, -0.15) is 5.26 Å². The molecule has 6 heteroatoms. The number of benzene rings is 1. The highest BCUT2D eigenvalue weighted by Gasteiger charge is 2.10. The van der Waals surface area contributed by atoms with Crippen LogP contribution >= 0.6 is 0 Å². The summed E-state index contributed by atoms with van der Waals surface area (Å²) in [5.74, 6) is -1.30. The monoisotopic (exact) mass is 214 g/mol. The molecule has 0 spiro atoms. The average molecular weight is 214 g/mol. The SMILES string of the molecule is N#Cc1ccc(CS(N)(=O)=O)c(F)c1. The van der Waals surface area contributed by atoms with Gasteiger partial charge in [0.05, 0.1) is 17.4 Å². The summed E-state index contributed by atoms with van der Waals surface area (Å²) in [5.41, 5.74) is 0.104. The molecule has 4 nitrogen and oxygen atoms in total. The second-order valence-corrected chi connectivity index (χ2v) is 4.34. The van der Waals surface area contributed by atoms with Crippen molar-refractivity contribution in [1.82, 2.24) is 0 Å². The Kier molecular flexibility index (Phi) is 2.84. The summed E-state index contributed by atoms with van der Waals surface area (Å²) >= 11 is 0. The molecule has 0 bridgehead atoms. The summed E-state index contributed by atoms with van der Waals surface area (Å²) in [5, 5.41) is 13.2. The van der Waals surface area contributed by atoms with E-state index in [0.29, 0.717) is 0 Å². The second-order valence-electron chi connectivity index (χ2n) is 2.73. The Morgan fingerprint density at radius 2 is 2.14 bits per heavy atom. The minimum Gasteiger partial charge on any atom is -0.228 e. The number of rotatable bonds is 2. The first-order chi connectivity index (χ1) is 6.42. The molecular weight excluding hydrogens is 207 g/mol. The van der Waals surface area contributed by atoms with E-state index in [0.717, 1.165) is 6.07 Å². The molecule has 0 unspecified atom stereocenters. The van der Waals surface area contributed by atoms with Crippen LogP contribution in [0.15, 0.2) is 18.2 Å². The Hall–Kier alpha value is -1.45. The van der Waals surface area contributed by atoms with Gasteiger partial charge >= 0.3 is 0 Å². The van der Waals surface area contributed by atoms with Gasteiger partial charge in [0.2, 0.25) is 10.0 Å². The highest BCUT2D eigenvalue weighted by molar-refractivity contribution is 7.88. The Bertz CT molecular complexity index is 491. The van der Waals surface area contributed by atoms with Gasteiger partial charge in [-0.25, -0.2) is 17.9 Å². The van der Waals surface area contributed by atoms with E-state index in [4.69, 9.17) is 10.4 Å². The van der Waals surface area contributed by atoms with E-state index in [1.165, 1.54) is 12.1 Å². The predicted molar refractivity (Wildman–Crippen MR) is 47.9 cm³/mol. The van der Waals surface area contributed by atoms with Crippen LogP contribution in [0.4, 0.5) is 4.39 Å². The molecule has 74 valence electrons. The predicted octanol–water partition coefficient (Wildman–Crippen LogP) is 0.486. The van der Waals surface area contributed by atoms with Crippen molar-refractivity contribution in [3.63, 3.8) is 0 Å². The number of hydrogen-bond acceptors (Lipinski definition) is 3. The Balaban J connectivity index is 3.09. The summed E-state index contributed by atoms with van der Waals surface area (Å²) in [7, 11) is -3.74. The van der Waals surface area contributed by atoms with Crippen molar-refractivity contribution in [3.8, 4) is 6.07 Å². The zero-order valence-corrected chi connectivity index (χ0v) is 7.88. The Labute approximate surface area is 80.8 Å². The van der Waals surface area contributed by atoms with Crippen LogP contribution in [-0.2, 0) is 15.8 Å². The summed E-state index contributed by atoms with van der Waals surface area (Å²) < 4.78 is 34.4. The molecule has 1 rings (SSSR count). The maximum absolute atomic E-state index is 13.1. The quantitative estimate of drug-likeness (QED) is 0.777. The van der Waals surface area contributed by atoms with Gasteiger partial charge in [0.25, 0.3) is 0 Å². The zero-order valence-electron chi connectivity index (χ0n) is 7.07. The van der Waals surface area contributed by atoms with Gasteiger partial charge in [-0.3, -0.25) is 0 Å². The van der Waals surface area contributed by atoms with Crippen LogP contribution in [0.3, 0.4) is 0 Å². The van der Waals surface area contributed by atoms with Crippen molar-refractivity contribution in [1.29, 1.82) is 5.26 Å². The van der Waals surface area contributed by atoms with Crippen LogP contribution in [0.2, 0.25) is 0 Å². The largest absolute Gasteiger partial charge is 0.228 e. The van der Waals surface area contributed by atoms with Gasteiger partial charge in [-0.05, 0) is 12.1 Å². The summed E-state index contributed by atoms with van der Waals surface area (Å²) in [4.78, 5) is 0. The fourth-order valence-electron chi connectivity index (χ4n) is 0.951. The Morgan fingerprint density at radius 3 is 2.57 bits per heavy atom. The lowest BCUT2D eigenvalue weighted by Gasteiger charge is -2.00.